The van der Waals surface area contributed by atoms with E-state index in [0.717, 1.165) is 29.6 Å². The van der Waals surface area contributed by atoms with Crippen molar-refractivity contribution in [1.29, 1.82) is 0 Å². The first kappa shape index (κ1) is 15.4. The van der Waals surface area contributed by atoms with Crippen LogP contribution in [0.15, 0.2) is 39.7 Å². The molecule has 1 N–H and O–H groups in total. The van der Waals surface area contributed by atoms with Gasteiger partial charge in [-0.1, -0.05) is 46.3 Å². The van der Waals surface area contributed by atoms with Crippen molar-refractivity contribution in [1.82, 2.24) is 19.7 Å². The minimum absolute atomic E-state index is 0.0703. The van der Waals surface area contributed by atoms with Crippen molar-refractivity contribution < 1.29 is 0 Å². The first-order valence-corrected chi connectivity index (χ1v) is 8.85. The Labute approximate surface area is 144 Å². The smallest absolute Gasteiger partial charge is 0.266 e. The van der Waals surface area contributed by atoms with Gasteiger partial charge in [0, 0.05) is 11.8 Å². The summed E-state index contributed by atoms with van der Waals surface area (Å²) in [5.74, 6) is 0.764. The van der Waals surface area contributed by atoms with Gasteiger partial charge in [0.1, 0.15) is 15.8 Å². The minimum atomic E-state index is -0.0703. The van der Waals surface area contributed by atoms with Crippen LogP contribution >= 0.6 is 31.9 Å². The summed E-state index contributed by atoms with van der Waals surface area (Å²) in [6.07, 6.45) is 1.64. The molecule has 0 aliphatic heterocycles. The Morgan fingerprint density at radius 1 is 1.23 bits per heavy atom. The second-order valence-electron chi connectivity index (χ2n) is 4.93. The van der Waals surface area contributed by atoms with Crippen LogP contribution in [0.25, 0.3) is 11.0 Å². The van der Waals surface area contributed by atoms with Crippen LogP contribution in [0.1, 0.15) is 17.8 Å². The molecule has 0 aliphatic carbocycles. The van der Waals surface area contributed by atoms with Gasteiger partial charge in [-0.2, -0.15) is 5.10 Å². The number of rotatable bonds is 5. The van der Waals surface area contributed by atoms with Crippen molar-refractivity contribution in [3.63, 3.8) is 0 Å². The topological polar surface area (TPSA) is 63.6 Å². The molecule has 0 radical (unpaired) electrons. The Kier molecular flexibility index (Phi) is 4.73. The van der Waals surface area contributed by atoms with Gasteiger partial charge in [-0.05, 0) is 27.9 Å². The van der Waals surface area contributed by atoms with E-state index >= 15 is 0 Å². The molecular formula is C15H14Br2N4O. The number of aryl methyl sites for hydroxylation is 1. The van der Waals surface area contributed by atoms with Crippen molar-refractivity contribution in [3.8, 4) is 0 Å². The highest BCUT2D eigenvalue weighted by Crippen LogP contribution is 2.17. The van der Waals surface area contributed by atoms with Gasteiger partial charge in [0.15, 0.2) is 5.65 Å². The Hall–Kier alpha value is -1.47. The number of hydrogen-bond acceptors (Lipinski definition) is 3. The molecule has 0 atom stereocenters. The SMILES string of the molecule is O=c1c2c(Br)[nH]nc2nc(CCCBr)n1Cc1ccccc1. The molecule has 0 saturated heterocycles. The maximum atomic E-state index is 12.8. The van der Waals surface area contributed by atoms with E-state index in [4.69, 9.17) is 0 Å². The number of benzene rings is 1. The maximum absolute atomic E-state index is 12.8. The van der Waals surface area contributed by atoms with E-state index < -0.39 is 0 Å². The Morgan fingerprint density at radius 2 is 2.00 bits per heavy atom. The lowest BCUT2D eigenvalue weighted by Crippen LogP contribution is -2.26. The Bertz CT molecular complexity index is 842. The molecule has 0 amide bonds. The van der Waals surface area contributed by atoms with Crippen LogP contribution in [0, 0.1) is 0 Å². The van der Waals surface area contributed by atoms with Gasteiger partial charge >= 0.3 is 0 Å². The van der Waals surface area contributed by atoms with Gasteiger partial charge in [0.2, 0.25) is 0 Å². The highest BCUT2D eigenvalue weighted by molar-refractivity contribution is 9.10. The van der Waals surface area contributed by atoms with E-state index in [0.29, 0.717) is 22.2 Å². The lowest BCUT2D eigenvalue weighted by molar-refractivity contribution is 0.666. The molecule has 114 valence electrons. The average molecular weight is 426 g/mol. The van der Waals surface area contributed by atoms with E-state index in [1.54, 1.807) is 4.57 Å². The Morgan fingerprint density at radius 3 is 2.73 bits per heavy atom. The largest absolute Gasteiger partial charge is 0.291 e. The number of aromatic nitrogens is 4. The van der Waals surface area contributed by atoms with E-state index in [1.807, 2.05) is 30.3 Å². The van der Waals surface area contributed by atoms with Crippen molar-refractivity contribution in [3.05, 3.63) is 56.7 Å². The summed E-state index contributed by atoms with van der Waals surface area (Å²) >= 11 is 6.76. The fraction of sp³-hybridized carbons (Fsp3) is 0.267. The molecule has 2 heterocycles. The number of hydrogen-bond donors (Lipinski definition) is 1. The molecule has 1 aromatic carbocycles. The zero-order valence-corrected chi connectivity index (χ0v) is 14.9. The van der Waals surface area contributed by atoms with Crippen LogP contribution < -0.4 is 5.56 Å². The van der Waals surface area contributed by atoms with Crippen LogP contribution in [-0.2, 0) is 13.0 Å². The number of fused-ring (bicyclic) bond motifs is 1. The van der Waals surface area contributed by atoms with Gasteiger partial charge in [-0.25, -0.2) is 4.98 Å². The molecule has 0 fully saturated rings. The quantitative estimate of drug-likeness (QED) is 0.638. The van der Waals surface area contributed by atoms with Gasteiger partial charge in [0.05, 0.1) is 6.54 Å². The summed E-state index contributed by atoms with van der Waals surface area (Å²) in [5.41, 5.74) is 1.47. The third-order valence-electron chi connectivity index (χ3n) is 3.43. The monoisotopic (exact) mass is 424 g/mol. The molecule has 0 spiro atoms. The predicted molar refractivity (Wildman–Crippen MR) is 93.5 cm³/mol. The van der Waals surface area contributed by atoms with Crippen molar-refractivity contribution in [2.75, 3.05) is 5.33 Å². The predicted octanol–water partition coefficient (Wildman–Crippen LogP) is 3.26. The normalized spacial score (nSPS) is 11.2. The van der Waals surface area contributed by atoms with Crippen LogP contribution in [-0.4, -0.2) is 25.1 Å². The molecule has 0 saturated carbocycles. The van der Waals surface area contributed by atoms with Crippen molar-refractivity contribution in [2.24, 2.45) is 0 Å². The first-order chi connectivity index (χ1) is 10.7. The zero-order valence-electron chi connectivity index (χ0n) is 11.7. The molecule has 0 bridgehead atoms. The highest BCUT2D eigenvalue weighted by Gasteiger charge is 2.15. The number of alkyl halides is 1. The molecular weight excluding hydrogens is 412 g/mol. The molecule has 7 heteroatoms. The summed E-state index contributed by atoms with van der Waals surface area (Å²) in [7, 11) is 0. The van der Waals surface area contributed by atoms with Gasteiger partial charge in [-0.15, -0.1) is 0 Å². The molecule has 3 rings (SSSR count). The lowest BCUT2D eigenvalue weighted by atomic mass is 10.2. The molecule has 0 unspecified atom stereocenters. The van der Waals surface area contributed by atoms with E-state index in [2.05, 4.69) is 47.0 Å². The van der Waals surface area contributed by atoms with Gasteiger partial charge in [0.25, 0.3) is 5.56 Å². The molecule has 22 heavy (non-hydrogen) atoms. The third kappa shape index (κ3) is 3.01. The summed E-state index contributed by atoms with van der Waals surface area (Å²) in [4.78, 5) is 17.4. The zero-order chi connectivity index (χ0) is 15.5. The highest BCUT2D eigenvalue weighted by atomic mass is 79.9. The number of H-pyrrole nitrogens is 1. The lowest BCUT2D eigenvalue weighted by Gasteiger charge is -2.12. The molecule has 2 aromatic heterocycles. The number of aromatic amines is 1. The maximum Gasteiger partial charge on any atom is 0.266 e. The van der Waals surface area contributed by atoms with Crippen molar-refractivity contribution in [2.45, 2.75) is 19.4 Å². The first-order valence-electron chi connectivity index (χ1n) is 6.94. The van der Waals surface area contributed by atoms with E-state index in [-0.39, 0.29) is 5.56 Å². The van der Waals surface area contributed by atoms with Crippen LogP contribution in [0.5, 0.6) is 0 Å². The number of nitrogens with one attached hydrogen (secondary N) is 1. The number of halogens is 2. The molecule has 0 aliphatic rings. The van der Waals surface area contributed by atoms with E-state index in [1.165, 1.54) is 0 Å². The van der Waals surface area contributed by atoms with Crippen LogP contribution in [0.2, 0.25) is 0 Å². The number of nitrogens with zero attached hydrogens (tertiary/aromatic N) is 3. The fourth-order valence-electron chi connectivity index (χ4n) is 2.36. The van der Waals surface area contributed by atoms with Gasteiger partial charge < -0.3 is 0 Å². The second-order valence-corrected chi connectivity index (χ2v) is 6.52. The summed E-state index contributed by atoms with van der Waals surface area (Å²) < 4.78 is 2.31. The third-order valence-corrected chi connectivity index (χ3v) is 4.56. The summed E-state index contributed by atoms with van der Waals surface area (Å²) in [5, 5.41) is 8.23. The average Bonchev–Trinajstić information content (AvgIpc) is 2.90. The standard InChI is InChI=1S/C15H14Br2N4O/c16-8-4-7-11-18-14-12(13(17)19-20-14)15(22)21(11)9-10-5-2-1-3-6-10/h1-3,5-6H,4,7-9H2,(H,19,20). The van der Waals surface area contributed by atoms with Crippen LogP contribution in [0.3, 0.4) is 0 Å². The second kappa shape index (κ2) is 6.75. The fourth-order valence-corrected chi connectivity index (χ4v) is 3.08. The molecule has 5 nitrogen and oxygen atoms in total. The van der Waals surface area contributed by atoms with Crippen molar-refractivity contribution >= 4 is 42.9 Å². The summed E-state index contributed by atoms with van der Waals surface area (Å²) in [6.45, 7) is 0.512. The van der Waals surface area contributed by atoms with Gasteiger partial charge in [-0.3, -0.25) is 14.5 Å². The van der Waals surface area contributed by atoms with Crippen LogP contribution in [0.4, 0.5) is 0 Å². The molecule has 3 aromatic rings. The Balaban J connectivity index is 2.13. The minimum Gasteiger partial charge on any atom is -0.291 e. The summed E-state index contributed by atoms with van der Waals surface area (Å²) in [6, 6.07) is 9.92. The van der Waals surface area contributed by atoms with E-state index in [9.17, 15) is 4.79 Å².